The van der Waals surface area contributed by atoms with Gasteiger partial charge in [0, 0.05) is 31.2 Å². The summed E-state index contributed by atoms with van der Waals surface area (Å²) < 4.78 is 0. The lowest BCUT2D eigenvalue weighted by Gasteiger charge is -2.21. The van der Waals surface area contributed by atoms with E-state index in [1.165, 1.54) is 32.4 Å². The minimum atomic E-state index is 0.552. The van der Waals surface area contributed by atoms with E-state index >= 15 is 0 Å². The van der Waals surface area contributed by atoms with Crippen LogP contribution in [-0.4, -0.2) is 46.6 Å². The van der Waals surface area contributed by atoms with Crippen LogP contribution in [0.1, 0.15) is 32.6 Å². The zero-order chi connectivity index (χ0) is 13.1. The molecule has 0 radical (unpaired) electrons. The van der Waals surface area contributed by atoms with Gasteiger partial charge in [-0.2, -0.15) is 0 Å². The number of anilines is 2. The fraction of sp³-hybridized carbons (Fsp3) is 0.714. The van der Waals surface area contributed by atoms with Gasteiger partial charge in [0.2, 0.25) is 0 Å². The van der Waals surface area contributed by atoms with Gasteiger partial charge >= 0.3 is 0 Å². The molecule has 2 atom stereocenters. The number of hydrogen-bond acceptors (Lipinski definition) is 5. The van der Waals surface area contributed by atoms with Crippen LogP contribution in [0.2, 0.25) is 0 Å². The van der Waals surface area contributed by atoms with Crippen LogP contribution < -0.4 is 10.6 Å². The number of rotatable bonds is 5. The van der Waals surface area contributed by atoms with Gasteiger partial charge in [0.1, 0.15) is 18.0 Å². The molecular formula is C14H23N5. The summed E-state index contributed by atoms with van der Waals surface area (Å²) in [5.41, 5.74) is 0. The van der Waals surface area contributed by atoms with Crippen molar-refractivity contribution in [3.63, 3.8) is 0 Å². The average Bonchev–Trinajstić information content (AvgIpc) is 3.02. The number of fused-ring (bicyclic) bond motifs is 1. The molecule has 0 spiro atoms. The molecule has 5 heteroatoms. The van der Waals surface area contributed by atoms with E-state index < -0.39 is 0 Å². The number of nitrogens with one attached hydrogen (secondary N) is 2. The number of hydrogen-bond donors (Lipinski definition) is 2. The van der Waals surface area contributed by atoms with Crippen LogP contribution in [0.15, 0.2) is 12.4 Å². The molecule has 5 nitrogen and oxygen atoms in total. The highest BCUT2D eigenvalue weighted by Gasteiger charge is 2.37. The third-order valence-corrected chi connectivity index (χ3v) is 4.16. The molecule has 2 saturated heterocycles. The molecule has 19 heavy (non-hydrogen) atoms. The Hall–Kier alpha value is -1.36. The summed E-state index contributed by atoms with van der Waals surface area (Å²) in [6.45, 7) is 5.61. The largest absolute Gasteiger partial charge is 0.370 e. The predicted molar refractivity (Wildman–Crippen MR) is 77.4 cm³/mol. The Bertz CT molecular complexity index is 422. The van der Waals surface area contributed by atoms with Crippen molar-refractivity contribution in [3.8, 4) is 0 Å². The van der Waals surface area contributed by atoms with Crippen molar-refractivity contribution in [3.05, 3.63) is 12.4 Å². The van der Waals surface area contributed by atoms with Crippen molar-refractivity contribution >= 4 is 11.6 Å². The maximum absolute atomic E-state index is 4.34. The Labute approximate surface area is 114 Å². The van der Waals surface area contributed by atoms with Gasteiger partial charge in [-0.15, -0.1) is 0 Å². The van der Waals surface area contributed by atoms with Gasteiger partial charge in [0.05, 0.1) is 0 Å². The fourth-order valence-electron chi connectivity index (χ4n) is 3.23. The second kappa shape index (κ2) is 5.74. The highest BCUT2D eigenvalue weighted by molar-refractivity contribution is 5.47. The molecule has 2 N–H and O–H groups in total. The minimum absolute atomic E-state index is 0.552. The van der Waals surface area contributed by atoms with E-state index in [4.69, 9.17) is 0 Å². The molecule has 2 aliphatic rings. The number of aromatic nitrogens is 2. The van der Waals surface area contributed by atoms with E-state index in [1.54, 1.807) is 6.33 Å². The van der Waals surface area contributed by atoms with E-state index in [9.17, 15) is 0 Å². The molecule has 3 heterocycles. The first-order chi connectivity index (χ1) is 9.36. The standard InChI is InChI=1S/C14H23N5/c1-2-6-15-13-9-14(17-10-16-13)18-11-5-8-19-7-3-4-12(11)19/h9-12H,2-8H2,1H3,(H2,15,16,17,18). The van der Waals surface area contributed by atoms with Gasteiger partial charge < -0.3 is 10.6 Å². The first kappa shape index (κ1) is 12.7. The molecule has 2 aliphatic heterocycles. The first-order valence-corrected chi connectivity index (χ1v) is 7.43. The third-order valence-electron chi connectivity index (χ3n) is 4.16. The minimum Gasteiger partial charge on any atom is -0.370 e. The average molecular weight is 261 g/mol. The van der Waals surface area contributed by atoms with Crippen molar-refractivity contribution < 1.29 is 0 Å². The van der Waals surface area contributed by atoms with Crippen LogP contribution in [0, 0.1) is 0 Å². The summed E-state index contributed by atoms with van der Waals surface area (Å²) in [5, 5.41) is 6.90. The van der Waals surface area contributed by atoms with E-state index in [-0.39, 0.29) is 0 Å². The SMILES string of the molecule is CCCNc1cc(NC2CCN3CCCC23)ncn1. The molecule has 1 aromatic heterocycles. The van der Waals surface area contributed by atoms with Crippen LogP contribution in [0.25, 0.3) is 0 Å². The van der Waals surface area contributed by atoms with E-state index in [2.05, 4.69) is 32.4 Å². The lowest BCUT2D eigenvalue weighted by atomic mass is 10.1. The Morgan fingerprint density at radius 3 is 3.05 bits per heavy atom. The Kier molecular flexibility index (Phi) is 3.82. The smallest absolute Gasteiger partial charge is 0.131 e. The van der Waals surface area contributed by atoms with E-state index in [1.807, 2.05) is 6.07 Å². The van der Waals surface area contributed by atoms with Crippen molar-refractivity contribution in [1.29, 1.82) is 0 Å². The van der Waals surface area contributed by atoms with Gasteiger partial charge in [-0.05, 0) is 32.2 Å². The summed E-state index contributed by atoms with van der Waals surface area (Å²) in [5.74, 6) is 1.87. The second-order valence-corrected chi connectivity index (χ2v) is 5.50. The van der Waals surface area contributed by atoms with Crippen LogP contribution in [0.4, 0.5) is 11.6 Å². The molecule has 0 bridgehead atoms. The maximum Gasteiger partial charge on any atom is 0.131 e. The summed E-state index contributed by atoms with van der Waals surface area (Å²) in [6, 6.07) is 3.28. The summed E-state index contributed by atoms with van der Waals surface area (Å²) in [6.07, 6.45) is 6.64. The van der Waals surface area contributed by atoms with Crippen molar-refractivity contribution in [2.45, 2.75) is 44.7 Å². The molecule has 0 saturated carbocycles. The van der Waals surface area contributed by atoms with Crippen molar-refractivity contribution in [2.75, 3.05) is 30.3 Å². The molecular weight excluding hydrogens is 238 g/mol. The van der Waals surface area contributed by atoms with E-state index in [0.717, 1.165) is 24.6 Å². The van der Waals surface area contributed by atoms with Gasteiger partial charge in [0.15, 0.2) is 0 Å². The molecule has 104 valence electrons. The summed E-state index contributed by atoms with van der Waals surface area (Å²) in [7, 11) is 0. The highest BCUT2D eigenvalue weighted by atomic mass is 15.2. The predicted octanol–water partition coefficient (Wildman–Crippen LogP) is 1.95. The topological polar surface area (TPSA) is 53.1 Å². The van der Waals surface area contributed by atoms with Crippen LogP contribution in [0.5, 0.6) is 0 Å². The van der Waals surface area contributed by atoms with Crippen LogP contribution in [0.3, 0.4) is 0 Å². The van der Waals surface area contributed by atoms with Crippen molar-refractivity contribution in [1.82, 2.24) is 14.9 Å². The Morgan fingerprint density at radius 1 is 1.26 bits per heavy atom. The molecule has 3 rings (SSSR count). The van der Waals surface area contributed by atoms with E-state index in [0.29, 0.717) is 12.1 Å². The Morgan fingerprint density at radius 2 is 2.16 bits per heavy atom. The molecule has 2 fully saturated rings. The quantitative estimate of drug-likeness (QED) is 0.848. The second-order valence-electron chi connectivity index (χ2n) is 5.50. The van der Waals surface area contributed by atoms with Gasteiger partial charge in [-0.3, -0.25) is 4.90 Å². The molecule has 0 aliphatic carbocycles. The zero-order valence-corrected chi connectivity index (χ0v) is 11.6. The fourth-order valence-corrected chi connectivity index (χ4v) is 3.23. The summed E-state index contributed by atoms with van der Waals surface area (Å²) in [4.78, 5) is 11.2. The third kappa shape index (κ3) is 2.81. The lowest BCUT2D eigenvalue weighted by molar-refractivity contribution is 0.318. The van der Waals surface area contributed by atoms with Crippen LogP contribution >= 0.6 is 0 Å². The van der Waals surface area contributed by atoms with Gasteiger partial charge in [-0.25, -0.2) is 9.97 Å². The number of nitrogens with zero attached hydrogens (tertiary/aromatic N) is 3. The molecule has 2 unspecified atom stereocenters. The summed E-state index contributed by atoms with van der Waals surface area (Å²) >= 11 is 0. The zero-order valence-electron chi connectivity index (χ0n) is 11.6. The van der Waals surface area contributed by atoms with Crippen molar-refractivity contribution in [2.24, 2.45) is 0 Å². The molecule has 0 aromatic carbocycles. The normalized spacial score (nSPS) is 26.4. The molecule has 1 aromatic rings. The molecule has 0 amide bonds. The van der Waals surface area contributed by atoms with Crippen LogP contribution in [-0.2, 0) is 0 Å². The van der Waals surface area contributed by atoms with Gasteiger partial charge in [-0.1, -0.05) is 6.92 Å². The lowest BCUT2D eigenvalue weighted by Crippen LogP contribution is -2.34. The first-order valence-electron chi connectivity index (χ1n) is 7.43. The van der Waals surface area contributed by atoms with Gasteiger partial charge in [0.25, 0.3) is 0 Å². The Balaban J connectivity index is 1.63. The highest BCUT2D eigenvalue weighted by Crippen LogP contribution is 2.29. The monoisotopic (exact) mass is 261 g/mol. The maximum atomic E-state index is 4.34.